The van der Waals surface area contributed by atoms with Gasteiger partial charge in [0.15, 0.2) is 0 Å². The molecule has 0 aliphatic carbocycles. The number of nitrogens with one attached hydrogen (secondary N) is 1. The number of ether oxygens (including phenoxy) is 1. The molecule has 0 aliphatic rings. The molecule has 0 radical (unpaired) electrons. The Labute approximate surface area is 198 Å². The SMILES string of the molecule is CC(C)NC(=O)C(C)N(Cc1ccc(Cl)cc1Cl)C(=O)CCCOc1ccc(Cl)cc1. The van der Waals surface area contributed by atoms with E-state index in [4.69, 9.17) is 39.5 Å². The van der Waals surface area contributed by atoms with Gasteiger partial charge in [-0.25, -0.2) is 0 Å². The van der Waals surface area contributed by atoms with E-state index in [2.05, 4.69) is 5.32 Å². The Morgan fingerprint density at radius 2 is 1.65 bits per heavy atom. The van der Waals surface area contributed by atoms with E-state index in [-0.39, 0.29) is 30.8 Å². The molecule has 0 heterocycles. The number of carbonyl (C=O) groups excluding carboxylic acids is 2. The molecule has 0 saturated carbocycles. The van der Waals surface area contributed by atoms with Crippen LogP contribution in [0.2, 0.25) is 15.1 Å². The van der Waals surface area contributed by atoms with Crippen LogP contribution in [0.3, 0.4) is 0 Å². The summed E-state index contributed by atoms with van der Waals surface area (Å²) in [4.78, 5) is 27.1. The van der Waals surface area contributed by atoms with E-state index in [1.807, 2.05) is 13.8 Å². The van der Waals surface area contributed by atoms with Crippen LogP contribution < -0.4 is 10.1 Å². The minimum atomic E-state index is -0.654. The van der Waals surface area contributed by atoms with E-state index in [1.54, 1.807) is 49.4 Å². The van der Waals surface area contributed by atoms with Gasteiger partial charge >= 0.3 is 0 Å². The Hall–Kier alpha value is -1.95. The molecular formula is C23H27Cl3N2O3. The minimum absolute atomic E-state index is 0.0289. The Balaban J connectivity index is 2.04. The lowest BCUT2D eigenvalue weighted by atomic mass is 10.1. The second-order valence-electron chi connectivity index (χ2n) is 7.50. The third-order valence-electron chi connectivity index (χ3n) is 4.57. The summed E-state index contributed by atoms with van der Waals surface area (Å²) in [5, 5.41) is 4.45. The van der Waals surface area contributed by atoms with Crippen molar-refractivity contribution in [3.05, 3.63) is 63.1 Å². The second kappa shape index (κ2) is 12.2. The third kappa shape index (κ3) is 8.24. The molecule has 1 N–H and O–H groups in total. The maximum Gasteiger partial charge on any atom is 0.242 e. The monoisotopic (exact) mass is 484 g/mol. The largest absolute Gasteiger partial charge is 0.494 e. The van der Waals surface area contributed by atoms with Crippen molar-refractivity contribution in [2.75, 3.05) is 6.61 Å². The standard InChI is InChI=1S/C23H27Cl3N2O3/c1-15(2)27-23(30)16(3)28(14-17-6-7-19(25)13-21(17)26)22(29)5-4-12-31-20-10-8-18(24)9-11-20/h6-11,13,15-16H,4-5,12,14H2,1-3H3,(H,27,30). The Kier molecular flexibility index (Phi) is 9.94. The summed E-state index contributed by atoms with van der Waals surface area (Å²) in [6.45, 7) is 6.04. The van der Waals surface area contributed by atoms with Crippen LogP contribution in [-0.2, 0) is 16.1 Å². The fraction of sp³-hybridized carbons (Fsp3) is 0.391. The Bertz CT molecular complexity index is 888. The van der Waals surface area contributed by atoms with Crippen molar-refractivity contribution in [2.24, 2.45) is 0 Å². The van der Waals surface area contributed by atoms with Gasteiger partial charge in [-0.1, -0.05) is 40.9 Å². The number of amides is 2. The number of rotatable bonds is 10. The number of hydrogen-bond donors (Lipinski definition) is 1. The molecular weight excluding hydrogens is 459 g/mol. The van der Waals surface area contributed by atoms with E-state index < -0.39 is 6.04 Å². The lowest BCUT2D eigenvalue weighted by Gasteiger charge is -2.29. The van der Waals surface area contributed by atoms with Gasteiger partial charge in [0.2, 0.25) is 11.8 Å². The quantitative estimate of drug-likeness (QED) is 0.436. The number of benzene rings is 2. The molecule has 0 aromatic heterocycles. The molecule has 0 fully saturated rings. The highest BCUT2D eigenvalue weighted by Gasteiger charge is 2.26. The van der Waals surface area contributed by atoms with Crippen LogP contribution in [0, 0.1) is 0 Å². The highest BCUT2D eigenvalue weighted by atomic mass is 35.5. The van der Waals surface area contributed by atoms with Crippen LogP contribution in [0.5, 0.6) is 5.75 Å². The molecule has 0 bridgehead atoms. The van der Waals surface area contributed by atoms with Gasteiger partial charge in [0.1, 0.15) is 11.8 Å². The maximum atomic E-state index is 13.0. The van der Waals surface area contributed by atoms with E-state index in [0.717, 1.165) is 5.56 Å². The molecule has 0 spiro atoms. The molecule has 0 aliphatic heterocycles. The molecule has 2 rings (SSSR count). The van der Waals surface area contributed by atoms with Crippen LogP contribution in [0.15, 0.2) is 42.5 Å². The normalized spacial score (nSPS) is 11.8. The van der Waals surface area contributed by atoms with Crippen LogP contribution >= 0.6 is 34.8 Å². The Morgan fingerprint density at radius 3 is 2.26 bits per heavy atom. The van der Waals surface area contributed by atoms with Gasteiger partial charge in [0.25, 0.3) is 0 Å². The molecule has 2 aromatic carbocycles. The van der Waals surface area contributed by atoms with Crippen molar-refractivity contribution < 1.29 is 14.3 Å². The highest BCUT2D eigenvalue weighted by Crippen LogP contribution is 2.24. The summed E-state index contributed by atoms with van der Waals surface area (Å²) in [5.41, 5.74) is 0.723. The van der Waals surface area contributed by atoms with E-state index in [1.165, 1.54) is 4.90 Å². The summed E-state index contributed by atoms with van der Waals surface area (Å²) in [7, 11) is 0. The van der Waals surface area contributed by atoms with Crippen LogP contribution in [0.25, 0.3) is 0 Å². The van der Waals surface area contributed by atoms with Crippen molar-refractivity contribution in [1.82, 2.24) is 10.2 Å². The van der Waals surface area contributed by atoms with E-state index in [9.17, 15) is 9.59 Å². The molecule has 5 nitrogen and oxygen atoms in total. The van der Waals surface area contributed by atoms with E-state index >= 15 is 0 Å². The van der Waals surface area contributed by atoms with Gasteiger partial charge in [-0.2, -0.15) is 0 Å². The minimum Gasteiger partial charge on any atom is -0.494 e. The fourth-order valence-electron chi connectivity index (χ4n) is 2.91. The topological polar surface area (TPSA) is 58.6 Å². The highest BCUT2D eigenvalue weighted by molar-refractivity contribution is 6.35. The first-order chi connectivity index (χ1) is 14.7. The fourth-order valence-corrected chi connectivity index (χ4v) is 3.50. The second-order valence-corrected chi connectivity index (χ2v) is 8.78. The van der Waals surface area contributed by atoms with Gasteiger partial charge < -0.3 is 15.0 Å². The summed E-state index contributed by atoms with van der Waals surface area (Å²) < 4.78 is 5.66. The number of carbonyl (C=O) groups is 2. The van der Waals surface area contributed by atoms with Crippen molar-refractivity contribution >= 4 is 46.6 Å². The molecule has 0 saturated heterocycles. The zero-order valence-electron chi connectivity index (χ0n) is 17.8. The molecule has 2 amide bonds. The van der Waals surface area contributed by atoms with Crippen LogP contribution in [0.1, 0.15) is 39.2 Å². The Morgan fingerprint density at radius 1 is 1.00 bits per heavy atom. The van der Waals surface area contributed by atoms with Crippen LogP contribution in [0.4, 0.5) is 0 Å². The average molecular weight is 486 g/mol. The third-order valence-corrected chi connectivity index (χ3v) is 5.41. The van der Waals surface area contributed by atoms with Crippen molar-refractivity contribution in [3.63, 3.8) is 0 Å². The van der Waals surface area contributed by atoms with E-state index in [0.29, 0.717) is 33.8 Å². The van der Waals surface area contributed by atoms with Gasteiger partial charge in [-0.3, -0.25) is 9.59 Å². The van der Waals surface area contributed by atoms with Gasteiger partial charge in [0, 0.05) is 34.1 Å². The van der Waals surface area contributed by atoms with Crippen molar-refractivity contribution in [1.29, 1.82) is 0 Å². The number of nitrogens with zero attached hydrogens (tertiary/aromatic N) is 1. The molecule has 8 heteroatoms. The first-order valence-corrected chi connectivity index (χ1v) is 11.2. The first-order valence-electron chi connectivity index (χ1n) is 10.1. The smallest absolute Gasteiger partial charge is 0.242 e. The predicted octanol–water partition coefficient (Wildman–Crippen LogP) is 5.75. The van der Waals surface area contributed by atoms with Gasteiger partial charge in [0.05, 0.1) is 6.61 Å². The summed E-state index contributed by atoms with van der Waals surface area (Å²) in [6.07, 6.45) is 0.739. The zero-order chi connectivity index (χ0) is 23.0. The first kappa shape index (κ1) is 25.3. The van der Waals surface area contributed by atoms with Crippen molar-refractivity contribution in [3.8, 4) is 5.75 Å². The molecule has 31 heavy (non-hydrogen) atoms. The lowest BCUT2D eigenvalue weighted by Crippen LogP contribution is -2.49. The van der Waals surface area contributed by atoms with Gasteiger partial charge in [-0.05, 0) is 69.2 Å². The number of hydrogen-bond acceptors (Lipinski definition) is 3. The summed E-state index contributed by atoms with van der Waals surface area (Å²) in [5.74, 6) is 0.314. The molecule has 2 aromatic rings. The number of halogens is 3. The van der Waals surface area contributed by atoms with Gasteiger partial charge in [-0.15, -0.1) is 0 Å². The molecule has 1 unspecified atom stereocenters. The van der Waals surface area contributed by atoms with Crippen molar-refractivity contribution in [2.45, 2.75) is 52.2 Å². The average Bonchev–Trinajstić information content (AvgIpc) is 2.71. The molecule has 168 valence electrons. The lowest BCUT2D eigenvalue weighted by molar-refractivity contribution is -0.141. The predicted molar refractivity (Wildman–Crippen MR) is 126 cm³/mol. The molecule has 1 atom stereocenters. The maximum absolute atomic E-state index is 13.0. The summed E-state index contributed by atoms with van der Waals surface area (Å²) >= 11 is 18.1. The summed E-state index contributed by atoms with van der Waals surface area (Å²) in [6, 6.07) is 11.5. The zero-order valence-corrected chi connectivity index (χ0v) is 20.1. The van der Waals surface area contributed by atoms with Crippen LogP contribution in [-0.4, -0.2) is 35.4 Å².